The molecule has 2 bridgehead atoms. The van der Waals surface area contributed by atoms with Gasteiger partial charge in [0.15, 0.2) is 0 Å². The van der Waals surface area contributed by atoms with Gasteiger partial charge in [0.1, 0.15) is 35.4 Å². The van der Waals surface area contributed by atoms with Crippen molar-refractivity contribution in [1.29, 1.82) is 10.5 Å². The van der Waals surface area contributed by atoms with Crippen LogP contribution in [0.5, 0.6) is 0 Å². The predicted molar refractivity (Wildman–Crippen MR) is 140 cm³/mol. The Kier molecular flexibility index (Phi) is 7.66. The van der Waals surface area contributed by atoms with Gasteiger partial charge in [0, 0.05) is 12.5 Å². The molecule has 1 saturated heterocycles. The number of benzene rings is 2. The summed E-state index contributed by atoms with van der Waals surface area (Å²) in [6.07, 6.45) is 0.0429. The second kappa shape index (κ2) is 10.6. The van der Waals surface area contributed by atoms with E-state index in [4.69, 9.17) is 10.00 Å². The molecule has 2 fully saturated rings. The first kappa shape index (κ1) is 28.0. The highest BCUT2D eigenvalue weighted by atomic mass is 19.1. The third kappa shape index (κ3) is 5.59. The third-order valence-electron chi connectivity index (χ3n) is 7.93. The Balaban J connectivity index is 1.50. The van der Waals surface area contributed by atoms with Crippen molar-refractivity contribution in [2.24, 2.45) is 17.8 Å². The van der Waals surface area contributed by atoms with Gasteiger partial charge in [0.25, 0.3) is 0 Å². The summed E-state index contributed by atoms with van der Waals surface area (Å²) in [6.45, 7) is 9.44. The Morgan fingerprint density at radius 2 is 1.72 bits per heavy atom. The van der Waals surface area contributed by atoms with E-state index in [2.05, 4.69) is 19.2 Å². The molecule has 9 heteroatoms. The summed E-state index contributed by atoms with van der Waals surface area (Å²) in [4.78, 5) is 28.1. The van der Waals surface area contributed by atoms with Gasteiger partial charge in [-0.1, -0.05) is 32.0 Å². The molecule has 1 aliphatic carbocycles. The zero-order valence-electron chi connectivity index (χ0n) is 22.7. The Morgan fingerprint density at radius 3 is 2.28 bits per heavy atom. The zero-order valence-corrected chi connectivity index (χ0v) is 22.7. The van der Waals surface area contributed by atoms with Crippen molar-refractivity contribution in [2.75, 3.05) is 0 Å². The monoisotopic (exact) mass is 534 g/mol. The van der Waals surface area contributed by atoms with E-state index in [1.165, 1.54) is 35.2 Å². The predicted octanol–water partition coefficient (Wildman–Crippen LogP) is 5.33. The maximum Gasteiger partial charge on any atom is 0.411 e. The average molecular weight is 535 g/mol. The third-order valence-corrected chi connectivity index (χ3v) is 7.93. The van der Waals surface area contributed by atoms with Crippen molar-refractivity contribution in [3.63, 3.8) is 0 Å². The highest BCUT2D eigenvalue weighted by Gasteiger charge is 2.58. The second-order valence-corrected chi connectivity index (χ2v) is 11.5. The van der Waals surface area contributed by atoms with Crippen LogP contribution in [0.25, 0.3) is 11.1 Å². The van der Waals surface area contributed by atoms with Gasteiger partial charge in [0.2, 0.25) is 5.91 Å². The minimum Gasteiger partial charge on any atom is -0.444 e. The van der Waals surface area contributed by atoms with Crippen molar-refractivity contribution < 1.29 is 23.1 Å². The SMILES string of the molecule is C[C@@H]1[C@H](C)[C@@H]2C[C@@H]1[C@@H](C(=O)N[C@H](C#N)Cc1ccc(-c3ccc(C#N)c(F)c3)cc1F)N2C(=O)OC(C)(C)C. The Morgan fingerprint density at radius 1 is 1.08 bits per heavy atom. The summed E-state index contributed by atoms with van der Waals surface area (Å²) in [6, 6.07) is 10.2. The fraction of sp³-hybridized carbons (Fsp3) is 0.467. The smallest absolute Gasteiger partial charge is 0.411 e. The van der Waals surface area contributed by atoms with Crippen molar-refractivity contribution in [3.05, 3.63) is 59.2 Å². The van der Waals surface area contributed by atoms with E-state index in [9.17, 15) is 19.2 Å². The largest absolute Gasteiger partial charge is 0.444 e. The van der Waals surface area contributed by atoms with Crippen LogP contribution in [-0.2, 0) is 16.0 Å². The van der Waals surface area contributed by atoms with Crippen LogP contribution in [0.4, 0.5) is 13.6 Å². The molecule has 7 nitrogen and oxygen atoms in total. The maximum atomic E-state index is 15.0. The number of fused-ring (bicyclic) bond motifs is 2. The molecule has 2 aliphatic rings. The fourth-order valence-electron chi connectivity index (χ4n) is 5.81. The number of hydrogen-bond acceptors (Lipinski definition) is 5. The number of ether oxygens (including phenoxy) is 1. The van der Waals surface area contributed by atoms with E-state index in [-0.39, 0.29) is 41.3 Å². The van der Waals surface area contributed by atoms with E-state index >= 15 is 4.39 Å². The van der Waals surface area contributed by atoms with Crippen LogP contribution in [-0.4, -0.2) is 40.6 Å². The molecule has 2 amide bonds. The number of amides is 2. The molecular formula is C30H32F2N4O3. The molecule has 0 spiro atoms. The highest BCUT2D eigenvalue weighted by molar-refractivity contribution is 5.88. The Labute approximate surface area is 227 Å². The number of carbonyl (C=O) groups is 2. The number of rotatable bonds is 5. The molecule has 204 valence electrons. The number of nitrogens with one attached hydrogen (secondary N) is 1. The van der Waals surface area contributed by atoms with Gasteiger partial charge >= 0.3 is 6.09 Å². The average Bonchev–Trinajstić information content (AvgIpc) is 3.40. The molecule has 2 aromatic rings. The number of likely N-dealkylation sites (tertiary alicyclic amines) is 1. The van der Waals surface area contributed by atoms with Gasteiger partial charge in [-0.3, -0.25) is 9.69 Å². The lowest BCUT2D eigenvalue weighted by molar-refractivity contribution is -0.130. The second-order valence-electron chi connectivity index (χ2n) is 11.5. The van der Waals surface area contributed by atoms with Crippen LogP contribution in [0.15, 0.2) is 36.4 Å². The van der Waals surface area contributed by atoms with Crippen LogP contribution in [0.1, 0.15) is 52.2 Å². The summed E-state index contributed by atoms with van der Waals surface area (Å²) in [7, 11) is 0. The molecular weight excluding hydrogens is 502 g/mol. The lowest BCUT2D eigenvalue weighted by Crippen LogP contribution is -2.58. The van der Waals surface area contributed by atoms with E-state index in [0.717, 1.165) is 0 Å². The molecule has 2 aromatic carbocycles. The number of carbonyl (C=O) groups excluding carboxylic acids is 2. The van der Waals surface area contributed by atoms with E-state index < -0.39 is 41.3 Å². The minimum absolute atomic E-state index is 0.0688. The Hall–Kier alpha value is -3.98. The summed E-state index contributed by atoms with van der Waals surface area (Å²) in [5.41, 5.74) is 0.197. The lowest BCUT2D eigenvalue weighted by atomic mass is 9.83. The van der Waals surface area contributed by atoms with Crippen LogP contribution in [0.2, 0.25) is 0 Å². The molecule has 0 unspecified atom stereocenters. The molecule has 39 heavy (non-hydrogen) atoms. The maximum absolute atomic E-state index is 15.0. The zero-order chi connectivity index (χ0) is 28.6. The quantitative estimate of drug-likeness (QED) is 0.558. The molecule has 1 N–H and O–H groups in total. The van der Waals surface area contributed by atoms with Gasteiger partial charge in [-0.25, -0.2) is 13.6 Å². The molecule has 1 aliphatic heterocycles. The van der Waals surface area contributed by atoms with Crippen molar-refractivity contribution in [1.82, 2.24) is 10.2 Å². The van der Waals surface area contributed by atoms with Gasteiger partial charge in [-0.2, -0.15) is 10.5 Å². The number of nitriles is 2. The Bertz CT molecular complexity index is 1370. The van der Waals surface area contributed by atoms with Crippen LogP contribution < -0.4 is 5.32 Å². The molecule has 0 aromatic heterocycles. The molecule has 4 rings (SSSR count). The van der Waals surface area contributed by atoms with Crippen molar-refractivity contribution in [2.45, 2.75) is 71.2 Å². The highest BCUT2D eigenvalue weighted by Crippen LogP contribution is 2.50. The van der Waals surface area contributed by atoms with Crippen LogP contribution >= 0.6 is 0 Å². The van der Waals surface area contributed by atoms with E-state index in [0.29, 0.717) is 17.5 Å². The van der Waals surface area contributed by atoms with Gasteiger partial charge in [-0.05, 0) is 79.8 Å². The molecule has 1 saturated carbocycles. The fourth-order valence-corrected chi connectivity index (χ4v) is 5.81. The summed E-state index contributed by atoms with van der Waals surface area (Å²) < 4.78 is 34.6. The van der Waals surface area contributed by atoms with Gasteiger partial charge < -0.3 is 10.1 Å². The van der Waals surface area contributed by atoms with E-state index in [1.807, 2.05) is 6.07 Å². The normalized spacial score (nSPS) is 24.5. The van der Waals surface area contributed by atoms with Crippen molar-refractivity contribution >= 4 is 12.0 Å². The first-order valence-electron chi connectivity index (χ1n) is 13.0. The number of halogens is 2. The summed E-state index contributed by atoms with van der Waals surface area (Å²) in [5, 5.41) is 21.4. The summed E-state index contributed by atoms with van der Waals surface area (Å²) >= 11 is 0. The van der Waals surface area contributed by atoms with Crippen LogP contribution in [0.3, 0.4) is 0 Å². The standard InChI is InChI=1S/C30H32F2N4O3/c1-16-17(2)26-13-23(16)27(36(26)29(38)39-30(3,4)5)28(37)35-22(15-34)10-20-8-6-18(11-24(20)31)19-7-9-21(14-33)25(32)12-19/h6-9,11-12,16-17,22-23,26-27H,10,13H2,1-5H3,(H,35,37)/t16-,17+,22+,23+,26+,27+/m1/s1. The minimum atomic E-state index is -1.03. The number of hydrogen-bond donors (Lipinski definition) is 1. The lowest BCUT2D eigenvalue weighted by Gasteiger charge is -2.41. The van der Waals surface area contributed by atoms with Crippen molar-refractivity contribution in [3.8, 4) is 23.3 Å². The van der Waals surface area contributed by atoms with Gasteiger partial charge in [-0.15, -0.1) is 0 Å². The number of piperidine rings is 1. The molecule has 0 radical (unpaired) electrons. The van der Waals surface area contributed by atoms with E-state index in [1.54, 1.807) is 32.9 Å². The first-order valence-corrected chi connectivity index (χ1v) is 13.0. The van der Waals surface area contributed by atoms with Crippen LogP contribution in [0, 0.1) is 52.1 Å². The number of nitrogens with zero attached hydrogens (tertiary/aromatic N) is 3. The first-order chi connectivity index (χ1) is 18.3. The van der Waals surface area contributed by atoms with Gasteiger partial charge in [0.05, 0.1) is 11.6 Å². The topological polar surface area (TPSA) is 106 Å². The summed E-state index contributed by atoms with van der Waals surface area (Å²) in [5.74, 6) is -1.41. The molecule has 1 heterocycles. The molecule has 6 atom stereocenters.